The van der Waals surface area contributed by atoms with Crippen LogP contribution in [0.15, 0.2) is 91.3 Å². The molecule has 0 saturated carbocycles. The molecule has 6 rings (SSSR count). The zero-order valence-corrected chi connectivity index (χ0v) is 31.3. The molecule has 1 aliphatic heterocycles. The third kappa shape index (κ3) is 13.7. The van der Waals surface area contributed by atoms with Crippen LogP contribution in [0.1, 0.15) is 32.1 Å². The van der Waals surface area contributed by atoms with Gasteiger partial charge in [-0.05, 0) is 66.7 Å². The summed E-state index contributed by atoms with van der Waals surface area (Å²) in [6.07, 6.45) is 0.139. The van der Waals surface area contributed by atoms with Gasteiger partial charge in [-0.3, -0.25) is 28.6 Å². The Morgan fingerprint density at radius 3 is 2.04 bits per heavy atom. The van der Waals surface area contributed by atoms with Crippen molar-refractivity contribution in [2.75, 3.05) is 44.0 Å². The fourth-order valence-corrected chi connectivity index (χ4v) is 5.24. The Morgan fingerprint density at radius 2 is 1.49 bits per heavy atom. The van der Waals surface area contributed by atoms with Gasteiger partial charge >= 0.3 is 6.18 Å². The van der Waals surface area contributed by atoms with Crippen molar-refractivity contribution < 1.29 is 53.4 Å². The summed E-state index contributed by atoms with van der Waals surface area (Å²) in [5, 5.41) is 3.45. The van der Waals surface area contributed by atoms with Gasteiger partial charge in [0.05, 0.1) is 35.7 Å². The van der Waals surface area contributed by atoms with E-state index in [2.05, 4.69) is 20.2 Å². The van der Waals surface area contributed by atoms with Crippen LogP contribution in [0.4, 0.5) is 18.9 Å². The van der Waals surface area contributed by atoms with E-state index in [1.165, 1.54) is 6.20 Å². The molecule has 0 spiro atoms. The number of aryl methyl sites for hydroxylation is 1. The predicted molar refractivity (Wildman–Crippen MR) is 197 cm³/mol. The van der Waals surface area contributed by atoms with Gasteiger partial charge in [-0.25, -0.2) is 4.98 Å². The lowest BCUT2D eigenvalue weighted by Gasteiger charge is -2.34. The molecule has 4 heterocycles. The highest BCUT2D eigenvalue weighted by Gasteiger charge is 2.30. The molecule has 2 amide bonds. The van der Waals surface area contributed by atoms with E-state index in [0.29, 0.717) is 42.7 Å². The lowest BCUT2D eigenvalue weighted by atomic mass is 10.1. The zero-order valence-electron chi connectivity index (χ0n) is 29.6. The average Bonchev–Trinajstić information content (AvgIpc) is 3.43. The van der Waals surface area contributed by atoms with E-state index in [1.54, 1.807) is 24.4 Å². The van der Waals surface area contributed by atoms with E-state index < -0.39 is 37.9 Å². The average molecular weight is 807 g/mol. The number of ether oxygens (including phenoxy) is 1. The fraction of sp³-hybridized carbons (Fsp3) is 0.257. The van der Waals surface area contributed by atoms with E-state index in [-0.39, 0.29) is 17.4 Å². The summed E-state index contributed by atoms with van der Waals surface area (Å²) >= 11 is 0. The molecular formula is C35H37F3N6O9S2. The second-order valence-electron chi connectivity index (χ2n) is 12.2. The molecular weight excluding hydrogens is 770 g/mol. The molecule has 55 heavy (non-hydrogen) atoms. The molecule has 15 nitrogen and oxygen atoms in total. The number of pyridine rings is 2. The van der Waals surface area contributed by atoms with Gasteiger partial charge in [-0.15, -0.1) is 0 Å². The Kier molecular flexibility index (Phi) is 13.7. The first-order chi connectivity index (χ1) is 25.6. The number of halogens is 3. The standard InChI is InChI=1S/C33H29F3N6O3.2CH4O3S/c1-40-28-11-10-27(45-30-12-9-25(20-38-30)39-31(43)22-5-7-24(8-6-22)33(34,35)36)18-23(28)19-29(40)32(44)42-16-14-41(15-17-42)21-26-4-2-3-13-37-26;2*1-5(2,3)4/h2-13,18-20H,14-17,21H2,1H3,(H,39,43);2*1H3,(H,2,3,4). The van der Waals surface area contributed by atoms with E-state index >= 15 is 0 Å². The van der Waals surface area contributed by atoms with Gasteiger partial charge in [-0.2, -0.15) is 30.0 Å². The molecule has 0 unspecified atom stereocenters. The van der Waals surface area contributed by atoms with Crippen molar-refractivity contribution in [2.24, 2.45) is 7.05 Å². The first-order valence-corrected chi connectivity index (χ1v) is 19.8. The molecule has 1 saturated heterocycles. The maximum atomic E-state index is 13.4. The summed E-state index contributed by atoms with van der Waals surface area (Å²) in [5.74, 6) is 0.205. The molecule has 1 aliphatic rings. The molecule has 0 radical (unpaired) electrons. The summed E-state index contributed by atoms with van der Waals surface area (Å²) in [7, 11) is -5.47. The van der Waals surface area contributed by atoms with Crippen LogP contribution in [0.2, 0.25) is 0 Å². The smallest absolute Gasteiger partial charge is 0.416 e. The maximum Gasteiger partial charge on any atom is 0.416 e. The molecule has 0 bridgehead atoms. The molecule has 0 atom stereocenters. The molecule has 20 heteroatoms. The van der Waals surface area contributed by atoms with Crippen LogP contribution < -0.4 is 10.1 Å². The number of benzene rings is 2. The van der Waals surface area contributed by atoms with Crippen LogP contribution in [0, 0.1) is 0 Å². The van der Waals surface area contributed by atoms with Gasteiger partial charge in [0, 0.05) is 68.5 Å². The van der Waals surface area contributed by atoms with Crippen LogP contribution in [0.5, 0.6) is 11.6 Å². The number of anilines is 1. The number of carbonyl (C=O) groups excluding carboxylic acids is 2. The minimum atomic E-state index is -4.48. The SMILES string of the molecule is CS(=O)(=O)O.CS(=O)(=O)O.Cn1c(C(=O)N2CCN(Cc3ccccn3)CC2)cc2cc(Oc3ccc(NC(=O)c4ccc(C(F)(F)F)cc4)cn3)ccc21. The number of aromatic nitrogens is 3. The van der Waals surface area contributed by atoms with Gasteiger partial charge in [0.1, 0.15) is 11.4 Å². The Balaban J connectivity index is 0.000000599. The highest BCUT2D eigenvalue weighted by molar-refractivity contribution is 7.85. The number of fused-ring (bicyclic) bond motifs is 1. The molecule has 1 fully saturated rings. The van der Waals surface area contributed by atoms with E-state index in [1.807, 2.05) is 52.9 Å². The van der Waals surface area contributed by atoms with E-state index in [0.717, 1.165) is 60.5 Å². The number of nitrogens with one attached hydrogen (secondary N) is 1. The number of nitrogens with zero attached hydrogens (tertiary/aromatic N) is 5. The second-order valence-corrected chi connectivity index (χ2v) is 15.1. The third-order valence-corrected chi connectivity index (χ3v) is 7.70. The van der Waals surface area contributed by atoms with Crippen molar-refractivity contribution >= 4 is 48.6 Å². The zero-order chi connectivity index (χ0) is 40.6. The number of carbonyl (C=O) groups is 2. The summed E-state index contributed by atoms with van der Waals surface area (Å²) in [4.78, 5) is 38.7. The van der Waals surface area contributed by atoms with Crippen LogP contribution in [0.3, 0.4) is 0 Å². The third-order valence-electron chi connectivity index (χ3n) is 7.70. The Hall–Kier alpha value is -5.41. The highest BCUT2D eigenvalue weighted by Crippen LogP contribution is 2.30. The van der Waals surface area contributed by atoms with Crippen molar-refractivity contribution in [1.82, 2.24) is 24.3 Å². The molecule has 3 N–H and O–H groups in total. The number of hydrogen-bond donors (Lipinski definition) is 3. The summed E-state index contributed by atoms with van der Waals surface area (Å²) in [6, 6.07) is 20.3. The van der Waals surface area contributed by atoms with Crippen molar-refractivity contribution in [3.63, 3.8) is 0 Å². The van der Waals surface area contributed by atoms with Crippen LogP contribution in [-0.2, 0) is 40.0 Å². The first-order valence-electron chi connectivity index (χ1n) is 16.1. The topological polar surface area (TPSA) is 201 Å². The maximum absolute atomic E-state index is 13.4. The number of hydrogen-bond acceptors (Lipinski definition) is 10. The number of rotatable bonds is 7. The molecule has 0 aliphatic carbocycles. The quantitative estimate of drug-likeness (QED) is 0.186. The van der Waals surface area contributed by atoms with Gasteiger partial charge in [0.15, 0.2) is 0 Å². The molecule has 3 aromatic heterocycles. The summed E-state index contributed by atoms with van der Waals surface area (Å²) in [6.45, 7) is 3.57. The van der Waals surface area contributed by atoms with Crippen LogP contribution >= 0.6 is 0 Å². The van der Waals surface area contributed by atoms with Gasteiger partial charge < -0.3 is 19.5 Å². The van der Waals surface area contributed by atoms with Gasteiger partial charge in [-0.1, -0.05) is 6.07 Å². The number of amides is 2. The van der Waals surface area contributed by atoms with Crippen molar-refractivity contribution in [1.29, 1.82) is 0 Å². The van der Waals surface area contributed by atoms with E-state index in [4.69, 9.17) is 13.8 Å². The van der Waals surface area contributed by atoms with Crippen molar-refractivity contribution in [3.8, 4) is 11.6 Å². The minimum Gasteiger partial charge on any atom is -0.439 e. The molecule has 2 aromatic carbocycles. The Labute approximate surface area is 314 Å². The van der Waals surface area contributed by atoms with Gasteiger partial charge in [0.2, 0.25) is 5.88 Å². The normalized spacial score (nSPS) is 13.6. The minimum absolute atomic E-state index is 0.0238. The number of alkyl halides is 3. The Morgan fingerprint density at radius 1 is 0.855 bits per heavy atom. The summed E-state index contributed by atoms with van der Waals surface area (Å²) < 4.78 is 97.9. The fourth-order valence-electron chi connectivity index (χ4n) is 5.24. The largest absolute Gasteiger partial charge is 0.439 e. The molecule has 294 valence electrons. The number of piperazine rings is 1. The lowest BCUT2D eigenvalue weighted by molar-refractivity contribution is -0.137. The highest BCUT2D eigenvalue weighted by atomic mass is 32.2. The second kappa shape index (κ2) is 17.8. The first kappa shape index (κ1) is 42.3. The Bertz CT molecular complexity index is 2270. The van der Waals surface area contributed by atoms with E-state index in [9.17, 15) is 39.6 Å². The van der Waals surface area contributed by atoms with Crippen LogP contribution in [0.25, 0.3) is 10.9 Å². The monoisotopic (exact) mass is 806 g/mol. The van der Waals surface area contributed by atoms with Crippen LogP contribution in [-0.4, -0.2) is 101 Å². The predicted octanol–water partition coefficient (Wildman–Crippen LogP) is 5.00. The molecule has 5 aromatic rings. The van der Waals surface area contributed by atoms with Gasteiger partial charge in [0.25, 0.3) is 32.1 Å². The van der Waals surface area contributed by atoms with Crippen molar-refractivity contribution in [3.05, 3.63) is 114 Å². The lowest BCUT2D eigenvalue weighted by Crippen LogP contribution is -2.48. The van der Waals surface area contributed by atoms with Crippen molar-refractivity contribution in [2.45, 2.75) is 12.7 Å². The summed E-state index contributed by atoms with van der Waals surface area (Å²) in [5.41, 5.74) is 2.09.